The smallest absolute Gasteiger partial charge is 0.123 e. The Kier molecular flexibility index (Phi) is 7.23. The SMILES string of the molecule is CCCC(CBr)(CCC)COc1cc(Cl)ccc1C. The Bertz CT molecular complexity index is 386. The van der Waals surface area contributed by atoms with Crippen LogP contribution in [0.4, 0.5) is 0 Å². The van der Waals surface area contributed by atoms with Gasteiger partial charge < -0.3 is 4.74 Å². The number of aryl methyl sites for hydroxylation is 1. The molecule has 1 rings (SSSR count). The summed E-state index contributed by atoms with van der Waals surface area (Å²) >= 11 is 9.71. The highest BCUT2D eigenvalue weighted by Crippen LogP contribution is 2.34. The fraction of sp³-hybridized carbons (Fsp3) is 0.625. The van der Waals surface area contributed by atoms with Gasteiger partial charge in [0.15, 0.2) is 0 Å². The average molecular weight is 348 g/mol. The number of ether oxygens (including phenoxy) is 1. The van der Waals surface area contributed by atoms with E-state index in [4.69, 9.17) is 16.3 Å². The third-order valence-corrected chi connectivity index (χ3v) is 4.95. The Morgan fingerprint density at radius 2 is 1.84 bits per heavy atom. The van der Waals surface area contributed by atoms with E-state index in [1.54, 1.807) is 0 Å². The molecule has 0 radical (unpaired) electrons. The first-order chi connectivity index (χ1) is 9.06. The van der Waals surface area contributed by atoms with Gasteiger partial charge in [-0.25, -0.2) is 0 Å². The number of rotatable bonds is 8. The van der Waals surface area contributed by atoms with Crippen LogP contribution in [0, 0.1) is 12.3 Å². The van der Waals surface area contributed by atoms with Gasteiger partial charge in [0, 0.05) is 15.8 Å². The van der Waals surface area contributed by atoms with Gasteiger partial charge in [-0.1, -0.05) is 60.3 Å². The summed E-state index contributed by atoms with van der Waals surface area (Å²) in [6, 6.07) is 5.82. The molecule has 0 amide bonds. The third-order valence-electron chi connectivity index (χ3n) is 3.53. The van der Waals surface area contributed by atoms with Crippen LogP contribution in [0.25, 0.3) is 0 Å². The monoisotopic (exact) mass is 346 g/mol. The van der Waals surface area contributed by atoms with E-state index in [2.05, 4.69) is 36.7 Å². The molecule has 0 aliphatic rings. The van der Waals surface area contributed by atoms with Crippen LogP contribution in [0.1, 0.15) is 45.1 Å². The minimum absolute atomic E-state index is 0.234. The van der Waals surface area contributed by atoms with Crippen molar-refractivity contribution < 1.29 is 4.74 Å². The summed E-state index contributed by atoms with van der Waals surface area (Å²) in [5.74, 6) is 0.907. The van der Waals surface area contributed by atoms with E-state index >= 15 is 0 Å². The molecule has 0 saturated carbocycles. The van der Waals surface area contributed by atoms with Crippen molar-refractivity contribution in [2.24, 2.45) is 5.41 Å². The zero-order valence-electron chi connectivity index (χ0n) is 12.1. The molecular weight excluding hydrogens is 324 g/mol. The summed E-state index contributed by atoms with van der Waals surface area (Å²) in [6.07, 6.45) is 4.74. The van der Waals surface area contributed by atoms with E-state index in [0.717, 1.165) is 28.3 Å². The zero-order chi connectivity index (χ0) is 14.3. The van der Waals surface area contributed by atoms with Crippen LogP contribution in [0.15, 0.2) is 18.2 Å². The summed E-state index contributed by atoms with van der Waals surface area (Å²) in [5, 5.41) is 1.72. The van der Waals surface area contributed by atoms with Crippen LogP contribution >= 0.6 is 27.5 Å². The van der Waals surface area contributed by atoms with Gasteiger partial charge in [0.1, 0.15) is 5.75 Å². The van der Waals surface area contributed by atoms with Gasteiger partial charge in [0.05, 0.1) is 6.61 Å². The van der Waals surface area contributed by atoms with Crippen LogP contribution in [0.3, 0.4) is 0 Å². The molecule has 0 aromatic heterocycles. The van der Waals surface area contributed by atoms with E-state index < -0.39 is 0 Å². The highest BCUT2D eigenvalue weighted by atomic mass is 79.9. The first kappa shape index (κ1) is 16.8. The molecule has 0 N–H and O–H groups in total. The highest BCUT2D eigenvalue weighted by Gasteiger charge is 2.28. The second-order valence-electron chi connectivity index (χ2n) is 5.33. The highest BCUT2D eigenvalue weighted by molar-refractivity contribution is 9.09. The van der Waals surface area contributed by atoms with E-state index in [-0.39, 0.29) is 5.41 Å². The maximum absolute atomic E-state index is 6.06. The molecule has 1 nitrogen and oxygen atoms in total. The minimum atomic E-state index is 0.234. The molecule has 19 heavy (non-hydrogen) atoms. The van der Waals surface area contributed by atoms with Gasteiger partial charge in [0.2, 0.25) is 0 Å². The molecule has 0 atom stereocenters. The summed E-state index contributed by atoms with van der Waals surface area (Å²) < 4.78 is 6.06. The zero-order valence-corrected chi connectivity index (χ0v) is 14.5. The fourth-order valence-electron chi connectivity index (χ4n) is 2.46. The van der Waals surface area contributed by atoms with E-state index in [0.29, 0.717) is 0 Å². The van der Waals surface area contributed by atoms with Crippen molar-refractivity contribution >= 4 is 27.5 Å². The molecule has 1 aromatic rings. The van der Waals surface area contributed by atoms with Crippen molar-refractivity contribution in [3.05, 3.63) is 28.8 Å². The number of hydrogen-bond acceptors (Lipinski definition) is 1. The Morgan fingerprint density at radius 3 is 2.37 bits per heavy atom. The molecule has 1 aromatic carbocycles. The Hall–Kier alpha value is -0.210. The van der Waals surface area contributed by atoms with Crippen LogP contribution < -0.4 is 4.74 Å². The van der Waals surface area contributed by atoms with Crippen molar-refractivity contribution in [2.45, 2.75) is 46.5 Å². The molecule has 0 saturated heterocycles. The molecule has 0 aliphatic heterocycles. The third kappa shape index (κ3) is 5.00. The average Bonchev–Trinajstić information content (AvgIpc) is 2.40. The second-order valence-corrected chi connectivity index (χ2v) is 6.33. The molecular formula is C16H24BrClO. The summed E-state index contributed by atoms with van der Waals surface area (Å²) in [4.78, 5) is 0. The predicted octanol–water partition coefficient (Wildman–Crippen LogP) is 6.01. The molecule has 0 spiro atoms. The molecule has 0 fully saturated rings. The van der Waals surface area contributed by atoms with Gasteiger partial charge in [-0.15, -0.1) is 0 Å². The number of alkyl halides is 1. The lowest BCUT2D eigenvalue weighted by molar-refractivity contribution is 0.144. The van der Waals surface area contributed by atoms with Crippen molar-refractivity contribution in [1.29, 1.82) is 0 Å². The van der Waals surface area contributed by atoms with Crippen molar-refractivity contribution in [1.82, 2.24) is 0 Å². The van der Waals surface area contributed by atoms with Crippen LogP contribution in [-0.2, 0) is 0 Å². The topological polar surface area (TPSA) is 9.23 Å². The number of hydrogen-bond donors (Lipinski definition) is 0. The minimum Gasteiger partial charge on any atom is -0.493 e. The Balaban J connectivity index is 2.77. The molecule has 3 heteroatoms. The van der Waals surface area contributed by atoms with Crippen LogP contribution in [0.5, 0.6) is 5.75 Å². The summed E-state index contributed by atoms with van der Waals surface area (Å²) in [6.45, 7) is 7.28. The lowest BCUT2D eigenvalue weighted by Crippen LogP contribution is -2.30. The second kappa shape index (κ2) is 8.16. The maximum Gasteiger partial charge on any atom is 0.123 e. The molecule has 0 bridgehead atoms. The van der Waals surface area contributed by atoms with E-state index in [1.807, 2.05) is 18.2 Å². The molecule has 108 valence electrons. The van der Waals surface area contributed by atoms with Crippen molar-refractivity contribution in [3.8, 4) is 5.75 Å². The summed E-state index contributed by atoms with van der Waals surface area (Å²) in [7, 11) is 0. The molecule has 0 heterocycles. The first-order valence-corrected chi connectivity index (χ1v) is 8.51. The largest absolute Gasteiger partial charge is 0.493 e. The van der Waals surface area contributed by atoms with E-state index in [9.17, 15) is 0 Å². The molecule has 0 aliphatic carbocycles. The Labute approximate surface area is 130 Å². The normalized spacial score (nSPS) is 11.6. The van der Waals surface area contributed by atoms with E-state index in [1.165, 1.54) is 25.7 Å². The van der Waals surface area contributed by atoms with Crippen LogP contribution in [0.2, 0.25) is 5.02 Å². The lowest BCUT2D eigenvalue weighted by Gasteiger charge is -2.31. The molecule has 0 unspecified atom stereocenters. The van der Waals surface area contributed by atoms with Crippen molar-refractivity contribution in [3.63, 3.8) is 0 Å². The van der Waals surface area contributed by atoms with Crippen molar-refractivity contribution in [2.75, 3.05) is 11.9 Å². The standard InChI is InChI=1S/C16H24BrClO/c1-4-8-16(11-17,9-5-2)12-19-15-10-14(18)7-6-13(15)3/h6-7,10H,4-5,8-9,11-12H2,1-3H3. The first-order valence-electron chi connectivity index (χ1n) is 7.02. The number of benzene rings is 1. The Morgan fingerprint density at radius 1 is 1.21 bits per heavy atom. The lowest BCUT2D eigenvalue weighted by atomic mass is 9.82. The van der Waals surface area contributed by atoms with Crippen LogP contribution in [-0.4, -0.2) is 11.9 Å². The van der Waals surface area contributed by atoms with Gasteiger partial charge in [-0.2, -0.15) is 0 Å². The van der Waals surface area contributed by atoms with Gasteiger partial charge >= 0.3 is 0 Å². The van der Waals surface area contributed by atoms with Gasteiger partial charge in [-0.3, -0.25) is 0 Å². The summed E-state index contributed by atoms with van der Waals surface area (Å²) in [5.41, 5.74) is 1.37. The van der Waals surface area contributed by atoms with Gasteiger partial charge in [-0.05, 0) is 37.5 Å². The van der Waals surface area contributed by atoms with Gasteiger partial charge in [0.25, 0.3) is 0 Å². The maximum atomic E-state index is 6.06. The quantitative estimate of drug-likeness (QED) is 0.523. The number of halogens is 2. The fourth-order valence-corrected chi connectivity index (χ4v) is 3.35. The predicted molar refractivity (Wildman–Crippen MR) is 87.7 cm³/mol.